The second kappa shape index (κ2) is 13.5. The minimum absolute atomic E-state index is 0.0590. The van der Waals surface area contributed by atoms with E-state index in [1.54, 1.807) is 36.4 Å². The van der Waals surface area contributed by atoms with Crippen LogP contribution in [0.25, 0.3) is 0 Å². The summed E-state index contributed by atoms with van der Waals surface area (Å²) >= 11 is 0. The SMILES string of the molecule is CC[C@@H](C(=O)NC(C)C)N(Cc1ccccc1C)C(=O)CN(c1cccc(OC)c1)S(=O)(=O)c1ccc(C)cc1. The number of hydrogen-bond acceptors (Lipinski definition) is 5. The van der Waals surface area contributed by atoms with E-state index in [9.17, 15) is 18.0 Å². The van der Waals surface area contributed by atoms with E-state index in [0.717, 1.165) is 21.0 Å². The number of amides is 2. The van der Waals surface area contributed by atoms with E-state index in [1.165, 1.54) is 24.1 Å². The Morgan fingerprint density at radius 3 is 2.23 bits per heavy atom. The first-order valence-corrected chi connectivity index (χ1v) is 14.8. The summed E-state index contributed by atoms with van der Waals surface area (Å²) in [5.41, 5.74) is 3.04. The number of hydrogen-bond donors (Lipinski definition) is 1. The highest BCUT2D eigenvalue weighted by Crippen LogP contribution is 2.28. The van der Waals surface area contributed by atoms with Gasteiger partial charge in [0, 0.05) is 18.7 Å². The number of ether oxygens (including phenoxy) is 1. The molecule has 0 spiro atoms. The third-order valence-corrected chi connectivity index (χ3v) is 8.44. The molecule has 40 heavy (non-hydrogen) atoms. The standard InChI is InChI=1S/C31H39N3O5S/c1-7-29(31(36)32-22(2)3)33(20-25-12-9-8-11-24(25)5)30(35)21-34(26-13-10-14-27(19-26)39-6)40(37,38)28-17-15-23(4)16-18-28/h8-19,22,29H,7,20-21H2,1-6H3,(H,32,36)/t29-/m0/s1. The van der Waals surface area contributed by atoms with Gasteiger partial charge in [-0.25, -0.2) is 8.42 Å². The first-order valence-electron chi connectivity index (χ1n) is 13.4. The summed E-state index contributed by atoms with van der Waals surface area (Å²) in [6.07, 6.45) is 0.361. The lowest BCUT2D eigenvalue weighted by atomic mass is 10.1. The smallest absolute Gasteiger partial charge is 0.264 e. The molecule has 1 N–H and O–H groups in total. The Morgan fingerprint density at radius 2 is 1.62 bits per heavy atom. The fourth-order valence-corrected chi connectivity index (χ4v) is 5.81. The van der Waals surface area contributed by atoms with Gasteiger partial charge in [0.05, 0.1) is 17.7 Å². The van der Waals surface area contributed by atoms with Gasteiger partial charge in [-0.15, -0.1) is 0 Å². The van der Waals surface area contributed by atoms with E-state index in [0.29, 0.717) is 12.2 Å². The maximum atomic E-state index is 14.1. The molecule has 0 saturated heterocycles. The molecule has 1 atom stereocenters. The van der Waals surface area contributed by atoms with Crippen LogP contribution in [0.15, 0.2) is 77.7 Å². The van der Waals surface area contributed by atoms with Crippen LogP contribution in [0, 0.1) is 13.8 Å². The number of carbonyl (C=O) groups excluding carboxylic acids is 2. The minimum atomic E-state index is -4.15. The monoisotopic (exact) mass is 565 g/mol. The molecule has 0 saturated carbocycles. The molecule has 0 aliphatic heterocycles. The van der Waals surface area contributed by atoms with Gasteiger partial charge in [0.25, 0.3) is 10.0 Å². The molecule has 0 bridgehead atoms. The van der Waals surface area contributed by atoms with Crippen molar-refractivity contribution in [2.24, 2.45) is 0 Å². The average molecular weight is 566 g/mol. The van der Waals surface area contributed by atoms with Crippen LogP contribution in [0.2, 0.25) is 0 Å². The van der Waals surface area contributed by atoms with Gasteiger partial charge in [-0.2, -0.15) is 0 Å². The number of methoxy groups -OCH3 is 1. The predicted molar refractivity (Wildman–Crippen MR) is 158 cm³/mol. The van der Waals surface area contributed by atoms with E-state index >= 15 is 0 Å². The fourth-order valence-electron chi connectivity index (χ4n) is 4.40. The number of benzene rings is 3. The molecule has 0 aliphatic carbocycles. The number of nitrogens with zero attached hydrogens (tertiary/aromatic N) is 2. The van der Waals surface area contributed by atoms with E-state index in [2.05, 4.69) is 5.32 Å². The molecule has 3 aromatic rings. The Labute approximate surface area is 238 Å². The van der Waals surface area contributed by atoms with Crippen molar-refractivity contribution in [2.75, 3.05) is 18.0 Å². The van der Waals surface area contributed by atoms with Crippen LogP contribution in [0.1, 0.15) is 43.9 Å². The van der Waals surface area contributed by atoms with Crippen molar-refractivity contribution in [1.29, 1.82) is 0 Å². The Morgan fingerprint density at radius 1 is 0.950 bits per heavy atom. The van der Waals surface area contributed by atoms with Crippen LogP contribution in [0.4, 0.5) is 5.69 Å². The average Bonchev–Trinajstić information content (AvgIpc) is 2.92. The van der Waals surface area contributed by atoms with Crippen LogP contribution in [-0.2, 0) is 26.2 Å². The summed E-state index contributed by atoms with van der Waals surface area (Å²) in [6, 6.07) is 19.8. The van der Waals surface area contributed by atoms with Gasteiger partial charge in [0.2, 0.25) is 11.8 Å². The van der Waals surface area contributed by atoms with E-state index in [1.807, 2.05) is 58.9 Å². The molecule has 0 unspecified atom stereocenters. The lowest BCUT2D eigenvalue weighted by molar-refractivity contribution is -0.140. The van der Waals surface area contributed by atoms with Gasteiger partial charge in [-0.1, -0.05) is 55.0 Å². The fraction of sp³-hybridized carbons (Fsp3) is 0.355. The summed E-state index contributed by atoms with van der Waals surface area (Å²) in [5, 5.41) is 2.91. The molecule has 3 aromatic carbocycles. The van der Waals surface area contributed by atoms with Gasteiger partial charge < -0.3 is 15.0 Å². The highest BCUT2D eigenvalue weighted by atomic mass is 32.2. The summed E-state index contributed by atoms with van der Waals surface area (Å²) < 4.78 is 34.4. The second-order valence-corrected chi connectivity index (χ2v) is 11.9. The molecule has 0 radical (unpaired) electrons. The number of rotatable bonds is 12. The Hall–Kier alpha value is -3.85. The summed E-state index contributed by atoms with van der Waals surface area (Å²) in [6.45, 7) is 9.03. The maximum absolute atomic E-state index is 14.1. The molecule has 0 fully saturated rings. The third-order valence-electron chi connectivity index (χ3n) is 6.65. The molecular formula is C31H39N3O5S. The summed E-state index contributed by atoms with van der Waals surface area (Å²) in [4.78, 5) is 28.9. The van der Waals surface area contributed by atoms with Crippen molar-refractivity contribution < 1.29 is 22.7 Å². The molecule has 0 aromatic heterocycles. The molecule has 0 heterocycles. The van der Waals surface area contributed by atoms with E-state index in [-0.39, 0.29) is 29.1 Å². The van der Waals surface area contributed by atoms with Crippen molar-refractivity contribution in [2.45, 2.75) is 64.6 Å². The molecule has 9 heteroatoms. The van der Waals surface area contributed by atoms with Gasteiger partial charge >= 0.3 is 0 Å². The summed E-state index contributed by atoms with van der Waals surface area (Å²) in [7, 11) is -2.66. The van der Waals surface area contributed by atoms with Gasteiger partial charge in [-0.05, 0) is 69.5 Å². The van der Waals surface area contributed by atoms with Crippen LogP contribution in [-0.4, -0.2) is 50.9 Å². The normalized spacial score (nSPS) is 12.1. The molecular weight excluding hydrogens is 526 g/mol. The predicted octanol–water partition coefficient (Wildman–Crippen LogP) is 4.84. The Balaban J connectivity index is 2.09. The Kier molecular flexibility index (Phi) is 10.3. The molecule has 0 aliphatic rings. The lowest BCUT2D eigenvalue weighted by Crippen LogP contribution is -2.53. The molecule has 2 amide bonds. The Bertz CT molecular complexity index is 1420. The van der Waals surface area contributed by atoms with Crippen molar-refractivity contribution in [3.8, 4) is 5.75 Å². The van der Waals surface area contributed by atoms with Crippen LogP contribution in [0.3, 0.4) is 0 Å². The van der Waals surface area contributed by atoms with E-state index in [4.69, 9.17) is 4.74 Å². The number of carbonyl (C=O) groups is 2. The number of aryl methyl sites for hydroxylation is 2. The lowest BCUT2D eigenvalue weighted by Gasteiger charge is -2.34. The maximum Gasteiger partial charge on any atom is 0.264 e. The number of anilines is 1. The highest BCUT2D eigenvalue weighted by molar-refractivity contribution is 7.92. The topological polar surface area (TPSA) is 96.0 Å². The van der Waals surface area contributed by atoms with Crippen LogP contribution >= 0.6 is 0 Å². The first kappa shape index (κ1) is 30.7. The number of nitrogens with one attached hydrogen (secondary N) is 1. The zero-order valence-corrected chi connectivity index (χ0v) is 24.9. The van der Waals surface area contributed by atoms with E-state index < -0.39 is 28.5 Å². The molecule has 214 valence electrons. The van der Waals surface area contributed by atoms with Crippen molar-refractivity contribution in [3.05, 3.63) is 89.5 Å². The van der Waals surface area contributed by atoms with Crippen molar-refractivity contribution in [3.63, 3.8) is 0 Å². The van der Waals surface area contributed by atoms with Crippen LogP contribution < -0.4 is 14.4 Å². The zero-order chi connectivity index (χ0) is 29.4. The van der Waals surface area contributed by atoms with Crippen molar-refractivity contribution >= 4 is 27.5 Å². The first-order chi connectivity index (χ1) is 19.0. The third kappa shape index (κ3) is 7.41. The zero-order valence-electron chi connectivity index (χ0n) is 24.0. The van der Waals surface area contributed by atoms with Gasteiger partial charge in [0.1, 0.15) is 18.3 Å². The number of sulfonamides is 1. The largest absolute Gasteiger partial charge is 0.497 e. The van der Waals surface area contributed by atoms with Gasteiger partial charge in [-0.3, -0.25) is 13.9 Å². The summed E-state index contributed by atoms with van der Waals surface area (Å²) in [5.74, 6) is -0.324. The van der Waals surface area contributed by atoms with Crippen molar-refractivity contribution in [1.82, 2.24) is 10.2 Å². The molecule has 8 nitrogen and oxygen atoms in total. The molecule has 3 rings (SSSR count). The van der Waals surface area contributed by atoms with Gasteiger partial charge in [0.15, 0.2) is 0 Å². The van der Waals surface area contributed by atoms with Crippen LogP contribution in [0.5, 0.6) is 5.75 Å². The minimum Gasteiger partial charge on any atom is -0.497 e. The quantitative estimate of drug-likeness (QED) is 0.339. The highest BCUT2D eigenvalue weighted by Gasteiger charge is 2.34. The second-order valence-electron chi connectivity index (χ2n) is 10.1.